The molecule has 178 valence electrons. The molecule has 34 heavy (non-hydrogen) atoms. The molecule has 0 aliphatic carbocycles. The van der Waals surface area contributed by atoms with E-state index in [0.717, 1.165) is 5.76 Å². The Morgan fingerprint density at radius 3 is 2.56 bits per heavy atom. The quantitative estimate of drug-likeness (QED) is 0.502. The van der Waals surface area contributed by atoms with Gasteiger partial charge in [-0.25, -0.2) is 9.79 Å². The average molecular weight is 483 g/mol. The molecule has 3 aromatic rings. The van der Waals surface area contributed by atoms with Gasteiger partial charge in [0.15, 0.2) is 4.80 Å². The predicted molar refractivity (Wildman–Crippen MR) is 128 cm³/mol. The van der Waals surface area contributed by atoms with Crippen molar-refractivity contribution in [2.45, 2.75) is 39.8 Å². The second-order valence-corrected chi connectivity index (χ2v) is 9.10. The normalized spacial score (nSPS) is 15.9. The summed E-state index contributed by atoms with van der Waals surface area (Å²) in [5.74, 6) is 1.84. The van der Waals surface area contributed by atoms with Crippen molar-refractivity contribution in [1.29, 1.82) is 0 Å². The van der Waals surface area contributed by atoms with Crippen LogP contribution in [0.2, 0.25) is 0 Å². The molecule has 0 saturated heterocycles. The zero-order valence-electron chi connectivity index (χ0n) is 19.9. The highest BCUT2D eigenvalue weighted by Crippen LogP contribution is 2.38. The molecule has 8 nitrogen and oxygen atoms in total. The summed E-state index contributed by atoms with van der Waals surface area (Å²) in [6.07, 6.45) is 1.34. The standard InChI is InChI=1S/C25H26N2O6S/c1-13(2)32-24(29)21-15(4)26-25-27(22(21)18-11-16(30-5)9-10-19(18)31-6)23(28)20(34-25)12-17-8-7-14(3)33-17/h7-13,22H,1-6H3/b20-12+. The molecule has 2 aromatic heterocycles. The number of carbonyl (C=O) groups is 1. The SMILES string of the molecule is COc1ccc(OC)c(C2C(C(=O)OC(C)C)=C(C)N=c3s/c(=C/c4ccc(C)o4)c(=O)n32)c1. The molecule has 9 heteroatoms. The smallest absolute Gasteiger partial charge is 0.338 e. The number of methoxy groups -OCH3 is 2. The number of aromatic nitrogens is 1. The van der Waals surface area contributed by atoms with E-state index in [9.17, 15) is 9.59 Å². The third kappa shape index (κ3) is 4.31. The lowest BCUT2D eigenvalue weighted by Gasteiger charge is -2.26. The maximum atomic E-state index is 13.7. The molecule has 4 rings (SSSR count). The van der Waals surface area contributed by atoms with Crippen LogP contribution in [0, 0.1) is 6.92 Å². The van der Waals surface area contributed by atoms with Crippen LogP contribution in [0.15, 0.2) is 55.8 Å². The van der Waals surface area contributed by atoms with Crippen LogP contribution >= 0.6 is 11.3 Å². The lowest BCUT2D eigenvalue weighted by Crippen LogP contribution is -2.40. The first-order chi connectivity index (χ1) is 16.2. The van der Waals surface area contributed by atoms with Gasteiger partial charge in [-0.2, -0.15) is 0 Å². The number of hydrogen-bond donors (Lipinski definition) is 0. The molecule has 0 fully saturated rings. The Kier molecular flexibility index (Phi) is 6.47. The largest absolute Gasteiger partial charge is 0.497 e. The number of furan rings is 1. The van der Waals surface area contributed by atoms with E-state index in [2.05, 4.69) is 4.99 Å². The number of benzene rings is 1. The van der Waals surface area contributed by atoms with E-state index >= 15 is 0 Å². The summed E-state index contributed by atoms with van der Waals surface area (Å²) in [5.41, 5.74) is 1.04. The third-order valence-corrected chi connectivity index (χ3v) is 6.33. The second-order valence-electron chi connectivity index (χ2n) is 8.09. The zero-order valence-corrected chi connectivity index (χ0v) is 20.7. The van der Waals surface area contributed by atoms with Gasteiger partial charge in [-0.15, -0.1) is 0 Å². The number of aryl methyl sites for hydroxylation is 1. The highest BCUT2D eigenvalue weighted by atomic mass is 32.1. The van der Waals surface area contributed by atoms with E-state index in [0.29, 0.717) is 37.9 Å². The van der Waals surface area contributed by atoms with Crippen LogP contribution in [0.3, 0.4) is 0 Å². The number of nitrogens with zero attached hydrogens (tertiary/aromatic N) is 2. The van der Waals surface area contributed by atoms with Gasteiger partial charge in [-0.3, -0.25) is 9.36 Å². The van der Waals surface area contributed by atoms with Crippen molar-refractivity contribution in [2.75, 3.05) is 14.2 Å². The maximum Gasteiger partial charge on any atom is 0.338 e. The van der Waals surface area contributed by atoms with E-state index in [1.165, 1.54) is 23.0 Å². The van der Waals surface area contributed by atoms with Crippen molar-refractivity contribution in [3.05, 3.63) is 78.4 Å². The Hall–Kier alpha value is -3.59. The number of allylic oxidation sites excluding steroid dienone is 1. The van der Waals surface area contributed by atoms with Crippen LogP contribution in [0.5, 0.6) is 11.5 Å². The van der Waals surface area contributed by atoms with Gasteiger partial charge in [-0.05, 0) is 58.0 Å². The van der Waals surface area contributed by atoms with E-state index in [1.54, 1.807) is 58.2 Å². The molecule has 0 N–H and O–H groups in total. The molecule has 1 aliphatic heterocycles. The molecular formula is C25H26N2O6S. The van der Waals surface area contributed by atoms with Crippen molar-refractivity contribution in [2.24, 2.45) is 4.99 Å². The number of fused-ring (bicyclic) bond motifs is 1. The van der Waals surface area contributed by atoms with E-state index in [-0.39, 0.29) is 17.2 Å². The summed E-state index contributed by atoms with van der Waals surface area (Å²) in [6, 6.07) is 8.08. The van der Waals surface area contributed by atoms with Gasteiger partial charge in [0, 0.05) is 11.6 Å². The fourth-order valence-corrected chi connectivity index (χ4v) is 4.89. The number of hydrogen-bond acceptors (Lipinski definition) is 8. The molecule has 0 saturated carbocycles. The summed E-state index contributed by atoms with van der Waals surface area (Å²) < 4.78 is 24.1. The first kappa shape index (κ1) is 23.6. The van der Waals surface area contributed by atoms with Gasteiger partial charge in [0.1, 0.15) is 29.1 Å². The van der Waals surface area contributed by atoms with Gasteiger partial charge in [-0.1, -0.05) is 11.3 Å². The summed E-state index contributed by atoms with van der Waals surface area (Å²) in [7, 11) is 3.09. The van der Waals surface area contributed by atoms with Gasteiger partial charge in [0.2, 0.25) is 0 Å². The Bertz CT molecular complexity index is 1460. The van der Waals surface area contributed by atoms with Crippen molar-refractivity contribution < 1.29 is 23.4 Å². The van der Waals surface area contributed by atoms with Gasteiger partial charge < -0.3 is 18.6 Å². The molecule has 1 aromatic carbocycles. The number of thiazole rings is 1. The lowest BCUT2D eigenvalue weighted by atomic mass is 9.94. The van der Waals surface area contributed by atoms with Crippen molar-refractivity contribution in [3.63, 3.8) is 0 Å². The Morgan fingerprint density at radius 2 is 1.94 bits per heavy atom. The third-order valence-electron chi connectivity index (χ3n) is 5.35. The number of rotatable bonds is 6. The van der Waals surface area contributed by atoms with E-state index < -0.39 is 12.0 Å². The first-order valence-electron chi connectivity index (χ1n) is 10.8. The summed E-state index contributed by atoms with van der Waals surface area (Å²) >= 11 is 1.23. The molecule has 0 bridgehead atoms. The highest BCUT2D eigenvalue weighted by molar-refractivity contribution is 7.07. The van der Waals surface area contributed by atoms with Crippen LogP contribution in [0.1, 0.15) is 43.9 Å². The summed E-state index contributed by atoms with van der Waals surface area (Å²) in [6.45, 7) is 7.12. The van der Waals surface area contributed by atoms with Crippen LogP contribution in [-0.4, -0.2) is 30.9 Å². The molecule has 1 atom stereocenters. The molecule has 0 radical (unpaired) electrons. The molecule has 0 spiro atoms. The van der Waals surface area contributed by atoms with Gasteiger partial charge in [0.05, 0.1) is 36.1 Å². The van der Waals surface area contributed by atoms with Gasteiger partial charge >= 0.3 is 5.97 Å². The molecule has 3 heterocycles. The van der Waals surface area contributed by atoms with Crippen LogP contribution in [0.4, 0.5) is 0 Å². The lowest BCUT2D eigenvalue weighted by molar-refractivity contribution is -0.143. The fraction of sp³-hybridized carbons (Fsp3) is 0.320. The minimum atomic E-state index is -0.812. The number of esters is 1. The molecule has 1 aliphatic rings. The predicted octanol–water partition coefficient (Wildman–Crippen LogP) is 3.11. The summed E-state index contributed by atoms with van der Waals surface area (Å²) in [4.78, 5) is 31.9. The number of ether oxygens (including phenoxy) is 3. The van der Waals surface area contributed by atoms with Crippen LogP contribution < -0.4 is 24.4 Å². The fourth-order valence-electron chi connectivity index (χ4n) is 3.87. The van der Waals surface area contributed by atoms with E-state index in [4.69, 9.17) is 18.6 Å². The highest BCUT2D eigenvalue weighted by Gasteiger charge is 2.35. The van der Waals surface area contributed by atoms with E-state index in [1.807, 2.05) is 13.0 Å². The van der Waals surface area contributed by atoms with Crippen molar-refractivity contribution in [3.8, 4) is 11.5 Å². The Labute approximate surface area is 200 Å². The van der Waals surface area contributed by atoms with Crippen LogP contribution in [0.25, 0.3) is 6.08 Å². The molecule has 1 unspecified atom stereocenters. The number of carbonyl (C=O) groups excluding carboxylic acids is 1. The van der Waals surface area contributed by atoms with Gasteiger partial charge in [0.25, 0.3) is 5.56 Å². The summed E-state index contributed by atoms with van der Waals surface area (Å²) in [5, 5.41) is 0. The van der Waals surface area contributed by atoms with Crippen molar-refractivity contribution in [1.82, 2.24) is 4.57 Å². The Balaban J connectivity index is 2.01. The molecular weight excluding hydrogens is 456 g/mol. The first-order valence-corrected chi connectivity index (χ1v) is 11.6. The van der Waals surface area contributed by atoms with Crippen LogP contribution in [-0.2, 0) is 9.53 Å². The minimum absolute atomic E-state index is 0.271. The molecule has 0 amide bonds. The van der Waals surface area contributed by atoms with Crippen molar-refractivity contribution >= 4 is 23.4 Å². The Morgan fingerprint density at radius 1 is 1.18 bits per heavy atom. The second kappa shape index (κ2) is 9.34. The maximum absolute atomic E-state index is 13.7. The average Bonchev–Trinajstić information content (AvgIpc) is 3.34. The zero-order chi connectivity index (χ0) is 24.6. The minimum Gasteiger partial charge on any atom is -0.497 e. The topological polar surface area (TPSA) is 92.3 Å². The monoisotopic (exact) mass is 482 g/mol.